The Morgan fingerprint density at radius 3 is 2.28 bits per heavy atom. The Balaban J connectivity index is 1.99. The molecule has 2 aliphatic carbocycles. The van der Waals surface area contributed by atoms with Gasteiger partial charge in [-0.05, 0) is 17.7 Å². The molecule has 2 aromatic carbocycles. The zero-order valence-electron chi connectivity index (χ0n) is 14.9. The van der Waals surface area contributed by atoms with Crippen LogP contribution in [-0.4, -0.2) is 10.8 Å². The first-order valence-corrected chi connectivity index (χ1v) is 8.85. The molecule has 0 unspecified atom stereocenters. The molecule has 0 saturated carbocycles. The Labute approximate surface area is 165 Å². The lowest BCUT2D eigenvalue weighted by atomic mass is 9.91. The van der Waals surface area contributed by atoms with Crippen LogP contribution in [0.3, 0.4) is 0 Å². The van der Waals surface area contributed by atoms with E-state index in [0.29, 0.717) is 11.3 Å². The van der Waals surface area contributed by atoms with Crippen LogP contribution < -0.4 is 0 Å². The summed E-state index contributed by atoms with van der Waals surface area (Å²) in [5, 5.41) is 19.1. The molecule has 0 radical (unpaired) electrons. The van der Waals surface area contributed by atoms with Crippen LogP contribution in [0.25, 0.3) is 22.4 Å². The number of allylic oxidation sites excluding steroid dienone is 3. The Bertz CT molecular complexity index is 1340. The van der Waals surface area contributed by atoms with Gasteiger partial charge < -0.3 is 0 Å². The number of hydrogen-bond acceptors (Lipinski definition) is 4. The summed E-state index contributed by atoms with van der Waals surface area (Å²) < 4.78 is 14.8. The Hall–Kier alpha value is -4.35. The van der Waals surface area contributed by atoms with Gasteiger partial charge in [-0.2, -0.15) is 10.5 Å². The number of halogens is 1. The fourth-order valence-electron chi connectivity index (χ4n) is 4.11. The summed E-state index contributed by atoms with van der Waals surface area (Å²) in [7, 11) is 0. The Morgan fingerprint density at radius 2 is 1.52 bits per heavy atom. The maximum Gasteiger partial charge on any atom is 0.195 e. The molecule has 0 saturated heterocycles. The number of carbonyl (C=O) groups is 1. The molecule has 0 N–H and O–H groups in total. The highest BCUT2D eigenvalue weighted by Gasteiger charge is 2.40. The Kier molecular flexibility index (Phi) is 3.52. The number of ketones is 1. The first-order chi connectivity index (χ1) is 14.2. The van der Waals surface area contributed by atoms with Crippen molar-refractivity contribution in [3.8, 4) is 23.4 Å². The van der Waals surface area contributed by atoms with Crippen molar-refractivity contribution in [3.63, 3.8) is 0 Å². The Morgan fingerprint density at radius 1 is 0.828 bits per heavy atom. The lowest BCUT2D eigenvalue weighted by Crippen LogP contribution is -2.01. The SMILES string of the molecule is N#CC(C#N)=C1/C(=C2\c3ccccc3-c3ncccc32)C(=O)c2cccc(F)c21. The van der Waals surface area contributed by atoms with Crippen molar-refractivity contribution < 1.29 is 9.18 Å². The molecule has 0 spiro atoms. The van der Waals surface area contributed by atoms with Gasteiger partial charge in [0, 0.05) is 45.2 Å². The van der Waals surface area contributed by atoms with Gasteiger partial charge >= 0.3 is 0 Å². The molecule has 5 rings (SSSR count). The van der Waals surface area contributed by atoms with E-state index in [0.717, 1.165) is 16.7 Å². The van der Waals surface area contributed by atoms with Crippen molar-refractivity contribution in [2.75, 3.05) is 0 Å². The van der Waals surface area contributed by atoms with Crippen molar-refractivity contribution in [1.82, 2.24) is 4.98 Å². The van der Waals surface area contributed by atoms with Crippen molar-refractivity contribution in [2.45, 2.75) is 0 Å². The summed E-state index contributed by atoms with van der Waals surface area (Å²) >= 11 is 0. The number of benzene rings is 2. The fraction of sp³-hybridized carbons (Fsp3) is 0. The number of hydrogen-bond donors (Lipinski definition) is 0. The van der Waals surface area contributed by atoms with Crippen LogP contribution in [-0.2, 0) is 0 Å². The number of Topliss-reactive ketones (excluding diaryl/α,β-unsaturated/α-hetero) is 1. The van der Waals surface area contributed by atoms with E-state index in [1.54, 1.807) is 12.3 Å². The van der Waals surface area contributed by atoms with E-state index >= 15 is 0 Å². The predicted octanol–water partition coefficient (Wildman–Crippen LogP) is 4.70. The maximum atomic E-state index is 14.8. The highest BCUT2D eigenvalue weighted by Crippen LogP contribution is 2.51. The summed E-state index contributed by atoms with van der Waals surface area (Å²) in [6.45, 7) is 0. The summed E-state index contributed by atoms with van der Waals surface area (Å²) in [6, 6.07) is 19.0. The predicted molar refractivity (Wildman–Crippen MR) is 105 cm³/mol. The van der Waals surface area contributed by atoms with E-state index < -0.39 is 11.6 Å². The van der Waals surface area contributed by atoms with Gasteiger partial charge in [0.25, 0.3) is 0 Å². The van der Waals surface area contributed by atoms with E-state index in [1.807, 2.05) is 42.5 Å². The van der Waals surface area contributed by atoms with E-state index in [2.05, 4.69) is 4.98 Å². The number of pyridine rings is 1. The molecule has 1 aromatic heterocycles. The van der Waals surface area contributed by atoms with Gasteiger partial charge in [0.05, 0.1) is 5.69 Å². The molecule has 3 aromatic rings. The lowest BCUT2D eigenvalue weighted by Gasteiger charge is -2.09. The van der Waals surface area contributed by atoms with Gasteiger partial charge in [0.1, 0.15) is 23.5 Å². The van der Waals surface area contributed by atoms with Crippen LogP contribution in [0, 0.1) is 28.5 Å². The normalized spacial score (nSPS) is 16.0. The average Bonchev–Trinajstić information content (AvgIpc) is 3.23. The summed E-state index contributed by atoms with van der Waals surface area (Å²) in [5.41, 5.74) is 3.71. The minimum Gasteiger partial charge on any atom is -0.289 e. The van der Waals surface area contributed by atoms with Crippen LogP contribution in [0.2, 0.25) is 0 Å². The number of fused-ring (bicyclic) bond motifs is 4. The number of carbonyl (C=O) groups excluding carboxylic acids is 1. The van der Waals surface area contributed by atoms with Crippen molar-refractivity contribution in [1.29, 1.82) is 10.5 Å². The second-order valence-electron chi connectivity index (χ2n) is 6.66. The van der Waals surface area contributed by atoms with Crippen LogP contribution in [0.15, 0.2) is 71.9 Å². The smallest absolute Gasteiger partial charge is 0.195 e. The first kappa shape index (κ1) is 16.8. The van der Waals surface area contributed by atoms with Gasteiger partial charge in [0.15, 0.2) is 5.78 Å². The number of nitrogens with zero attached hydrogens (tertiary/aromatic N) is 3. The third-order valence-electron chi connectivity index (χ3n) is 5.24. The van der Waals surface area contributed by atoms with E-state index in [4.69, 9.17) is 0 Å². The summed E-state index contributed by atoms with van der Waals surface area (Å²) in [5.74, 6) is -1.04. The van der Waals surface area contributed by atoms with Crippen LogP contribution >= 0.6 is 0 Å². The minimum atomic E-state index is -0.637. The van der Waals surface area contributed by atoms with Gasteiger partial charge in [-0.15, -0.1) is 0 Å². The van der Waals surface area contributed by atoms with Crippen molar-refractivity contribution in [3.05, 3.63) is 100 Å². The fourth-order valence-corrected chi connectivity index (χ4v) is 4.11. The van der Waals surface area contributed by atoms with Gasteiger partial charge in [0.2, 0.25) is 0 Å². The molecule has 29 heavy (non-hydrogen) atoms. The average molecular weight is 375 g/mol. The summed E-state index contributed by atoms with van der Waals surface area (Å²) in [4.78, 5) is 17.9. The number of aromatic nitrogens is 1. The van der Waals surface area contributed by atoms with E-state index in [-0.39, 0.29) is 27.8 Å². The molecule has 1 heterocycles. The monoisotopic (exact) mass is 375 g/mol. The molecule has 0 atom stereocenters. The highest BCUT2D eigenvalue weighted by molar-refractivity contribution is 6.33. The largest absolute Gasteiger partial charge is 0.289 e. The van der Waals surface area contributed by atoms with Crippen LogP contribution in [0.1, 0.15) is 27.0 Å². The molecule has 0 fully saturated rings. The molecule has 0 amide bonds. The molecular weight excluding hydrogens is 365 g/mol. The van der Waals surface area contributed by atoms with Crippen molar-refractivity contribution in [2.24, 2.45) is 0 Å². The standard InChI is InChI=1S/C24H10FN3O/c25-18-9-3-7-17-21(18)19(13(11-26)12-27)22(24(17)29)20-14-5-1-2-6-15(14)23-16(20)8-4-10-28-23/h1-10H/b22-20-. The number of rotatable bonds is 0. The molecular formula is C24H10FN3O. The first-order valence-electron chi connectivity index (χ1n) is 8.85. The molecule has 0 aliphatic heterocycles. The zero-order valence-corrected chi connectivity index (χ0v) is 14.9. The molecule has 4 nitrogen and oxygen atoms in total. The molecule has 134 valence electrons. The summed E-state index contributed by atoms with van der Waals surface area (Å²) in [6.07, 6.45) is 1.67. The second-order valence-corrected chi connectivity index (χ2v) is 6.66. The maximum absolute atomic E-state index is 14.8. The molecule has 0 bridgehead atoms. The lowest BCUT2D eigenvalue weighted by molar-refractivity contribution is 0.104. The second kappa shape index (κ2) is 6.09. The number of nitriles is 2. The third kappa shape index (κ3) is 2.16. The molecule has 5 heteroatoms. The highest BCUT2D eigenvalue weighted by atomic mass is 19.1. The van der Waals surface area contributed by atoms with Gasteiger partial charge in [-0.1, -0.05) is 42.5 Å². The van der Waals surface area contributed by atoms with Gasteiger partial charge in [-0.3, -0.25) is 9.78 Å². The quantitative estimate of drug-likeness (QED) is 0.330. The van der Waals surface area contributed by atoms with Gasteiger partial charge in [-0.25, -0.2) is 4.39 Å². The zero-order chi connectivity index (χ0) is 20.1. The van der Waals surface area contributed by atoms with E-state index in [9.17, 15) is 19.7 Å². The van der Waals surface area contributed by atoms with Crippen molar-refractivity contribution >= 4 is 16.9 Å². The minimum absolute atomic E-state index is 0.00733. The van der Waals surface area contributed by atoms with Crippen LogP contribution in [0.5, 0.6) is 0 Å². The topological polar surface area (TPSA) is 77.5 Å². The third-order valence-corrected chi connectivity index (χ3v) is 5.24. The van der Waals surface area contributed by atoms with E-state index in [1.165, 1.54) is 18.2 Å². The van der Waals surface area contributed by atoms with Crippen LogP contribution in [0.4, 0.5) is 4.39 Å². The molecule has 2 aliphatic rings.